The van der Waals surface area contributed by atoms with Crippen LogP contribution < -0.4 is 0 Å². The van der Waals surface area contributed by atoms with Crippen LogP contribution in [0, 0.1) is 0 Å². The number of benzene rings is 1. The number of rotatable bonds is 7. The van der Waals surface area contributed by atoms with Gasteiger partial charge in [0, 0.05) is 36.5 Å². The van der Waals surface area contributed by atoms with E-state index < -0.39 is 0 Å². The number of hydrogen-bond donors (Lipinski definition) is 0. The Hall–Kier alpha value is -3.35. The summed E-state index contributed by atoms with van der Waals surface area (Å²) in [6, 6.07) is 10.2. The predicted molar refractivity (Wildman–Crippen MR) is 112 cm³/mol. The molecule has 0 amide bonds. The fraction of sp³-hybridized carbons (Fsp3) is 0.318. The maximum absolute atomic E-state index is 4.76. The average molecular weight is 387 g/mol. The summed E-state index contributed by atoms with van der Waals surface area (Å²) in [7, 11) is 0. The van der Waals surface area contributed by atoms with Gasteiger partial charge >= 0.3 is 0 Å². The molecule has 4 rings (SSSR count). The highest BCUT2D eigenvalue weighted by molar-refractivity contribution is 5.78. The van der Waals surface area contributed by atoms with Crippen molar-refractivity contribution in [3.8, 4) is 22.5 Å². The van der Waals surface area contributed by atoms with Crippen LogP contribution in [0.4, 0.5) is 0 Å². The zero-order valence-electron chi connectivity index (χ0n) is 17.0. The average Bonchev–Trinajstić information content (AvgIpc) is 3.41. The highest BCUT2D eigenvalue weighted by atomic mass is 15.3. The molecule has 0 unspecified atom stereocenters. The minimum absolute atomic E-state index is 0.0325. The van der Waals surface area contributed by atoms with Crippen molar-refractivity contribution in [3.63, 3.8) is 0 Å². The molecule has 1 aromatic carbocycles. The van der Waals surface area contributed by atoms with Crippen molar-refractivity contribution in [3.05, 3.63) is 67.0 Å². The fourth-order valence-electron chi connectivity index (χ4n) is 3.51. The van der Waals surface area contributed by atoms with E-state index in [1.165, 1.54) is 0 Å². The van der Waals surface area contributed by atoms with Crippen LogP contribution in [0.5, 0.6) is 0 Å². The van der Waals surface area contributed by atoms with Crippen molar-refractivity contribution < 1.29 is 0 Å². The van der Waals surface area contributed by atoms with E-state index in [1.807, 2.05) is 41.6 Å². The summed E-state index contributed by atoms with van der Waals surface area (Å²) in [6.45, 7) is 7.15. The highest BCUT2D eigenvalue weighted by Crippen LogP contribution is 2.34. The first kappa shape index (κ1) is 19.0. The highest BCUT2D eigenvalue weighted by Gasteiger charge is 2.22. The Morgan fingerprint density at radius 1 is 0.931 bits per heavy atom. The topological polar surface area (TPSA) is 74.3 Å². The van der Waals surface area contributed by atoms with Crippen LogP contribution in [0.2, 0.25) is 0 Å². The smallest absolute Gasteiger partial charge is 0.149 e. The van der Waals surface area contributed by atoms with Crippen LogP contribution in [-0.4, -0.2) is 34.3 Å². The quantitative estimate of drug-likeness (QED) is 0.475. The molecule has 0 fully saturated rings. The first-order valence-electron chi connectivity index (χ1n) is 10.0. The lowest BCUT2D eigenvalue weighted by Gasteiger charge is -2.18. The molecule has 3 aromatic heterocycles. The summed E-state index contributed by atoms with van der Waals surface area (Å²) < 4.78 is 4.11. The summed E-state index contributed by atoms with van der Waals surface area (Å²) in [5, 5.41) is 4.39. The summed E-state index contributed by atoms with van der Waals surface area (Å²) in [5.74, 6) is 1.74. The van der Waals surface area contributed by atoms with Gasteiger partial charge in [0.05, 0.1) is 23.8 Å². The molecule has 0 bridgehead atoms. The summed E-state index contributed by atoms with van der Waals surface area (Å²) in [4.78, 5) is 18.3. The fourth-order valence-corrected chi connectivity index (χ4v) is 3.51. The van der Waals surface area contributed by atoms with E-state index in [2.05, 4.69) is 57.5 Å². The van der Waals surface area contributed by atoms with E-state index >= 15 is 0 Å². The van der Waals surface area contributed by atoms with Crippen molar-refractivity contribution >= 4 is 0 Å². The lowest BCUT2D eigenvalue weighted by atomic mass is 10.1. The summed E-state index contributed by atoms with van der Waals surface area (Å²) in [6.07, 6.45) is 9.07. The van der Waals surface area contributed by atoms with Gasteiger partial charge in [-0.25, -0.2) is 24.6 Å². The SMILES string of the molecule is CCCn1ncnc1[C@@H](C)n1cnc(-c2ccccc2)c1-c1cnc(CC)nc1. The Bertz CT molecular complexity index is 1060. The van der Waals surface area contributed by atoms with E-state index in [4.69, 9.17) is 4.98 Å². The van der Waals surface area contributed by atoms with Crippen LogP contribution in [0.15, 0.2) is 55.4 Å². The molecule has 3 heterocycles. The van der Waals surface area contributed by atoms with Crippen LogP contribution >= 0.6 is 0 Å². The predicted octanol–water partition coefficient (Wildman–Crippen LogP) is 4.18. The van der Waals surface area contributed by atoms with Crippen molar-refractivity contribution in [2.24, 2.45) is 0 Å². The molecule has 0 aliphatic heterocycles. The third-order valence-electron chi connectivity index (χ3n) is 5.01. The maximum Gasteiger partial charge on any atom is 0.149 e. The zero-order chi connectivity index (χ0) is 20.2. The second-order valence-corrected chi connectivity index (χ2v) is 6.97. The minimum Gasteiger partial charge on any atom is -0.319 e. The number of aryl methyl sites for hydroxylation is 2. The molecule has 148 valence electrons. The molecule has 0 spiro atoms. The Morgan fingerprint density at radius 2 is 1.69 bits per heavy atom. The zero-order valence-corrected chi connectivity index (χ0v) is 17.0. The molecule has 0 saturated heterocycles. The van der Waals surface area contributed by atoms with Gasteiger partial charge in [0.25, 0.3) is 0 Å². The third-order valence-corrected chi connectivity index (χ3v) is 5.01. The summed E-state index contributed by atoms with van der Waals surface area (Å²) in [5.41, 5.74) is 3.89. The van der Waals surface area contributed by atoms with Gasteiger partial charge in [-0.2, -0.15) is 5.10 Å². The molecular weight excluding hydrogens is 362 g/mol. The minimum atomic E-state index is -0.0325. The van der Waals surface area contributed by atoms with Crippen LogP contribution in [0.25, 0.3) is 22.5 Å². The van der Waals surface area contributed by atoms with Crippen LogP contribution in [0.3, 0.4) is 0 Å². The largest absolute Gasteiger partial charge is 0.319 e. The van der Waals surface area contributed by atoms with E-state index in [1.54, 1.807) is 6.33 Å². The maximum atomic E-state index is 4.76. The molecule has 7 heteroatoms. The van der Waals surface area contributed by atoms with E-state index in [9.17, 15) is 0 Å². The second kappa shape index (κ2) is 8.34. The van der Waals surface area contributed by atoms with Crippen molar-refractivity contribution in [2.75, 3.05) is 0 Å². The molecule has 0 aliphatic rings. The molecular formula is C22H25N7. The van der Waals surface area contributed by atoms with Gasteiger partial charge in [-0.1, -0.05) is 44.2 Å². The Labute approximate surface area is 170 Å². The molecule has 0 radical (unpaired) electrons. The number of hydrogen-bond acceptors (Lipinski definition) is 5. The number of aromatic nitrogens is 7. The van der Waals surface area contributed by atoms with Gasteiger partial charge in [0.15, 0.2) is 0 Å². The summed E-state index contributed by atoms with van der Waals surface area (Å²) >= 11 is 0. The van der Waals surface area contributed by atoms with Gasteiger partial charge in [0.2, 0.25) is 0 Å². The number of nitrogens with zero attached hydrogens (tertiary/aromatic N) is 7. The Kier molecular flexibility index (Phi) is 5.46. The Balaban J connectivity index is 1.85. The monoisotopic (exact) mass is 387 g/mol. The second-order valence-electron chi connectivity index (χ2n) is 6.97. The Morgan fingerprint density at radius 3 is 2.38 bits per heavy atom. The standard InChI is InChI=1S/C22H25N7/c1-4-11-29-22(25-14-27-29)16(3)28-15-26-20(17-9-7-6-8-10-17)21(28)18-12-23-19(5-2)24-13-18/h6-10,12-16H,4-5,11H2,1-3H3/t16-/m1/s1. The molecule has 29 heavy (non-hydrogen) atoms. The first-order valence-corrected chi connectivity index (χ1v) is 10.0. The van der Waals surface area contributed by atoms with E-state index in [0.29, 0.717) is 0 Å². The molecule has 0 saturated carbocycles. The molecule has 1 atom stereocenters. The van der Waals surface area contributed by atoms with Gasteiger partial charge in [0.1, 0.15) is 18.0 Å². The van der Waals surface area contributed by atoms with Gasteiger partial charge in [-0.3, -0.25) is 0 Å². The van der Waals surface area contributed by atoms with Gasteiger partial charge in [-0.05, 0) is 13.3 Å². The molecule has 7 nitrogen and oxygen atoms in total. The van der Waals surface area contributed by atoms with Crippen LogP contribution in [-0.2, 0) is 13.0 Å². The molecule has 0 aliphatic carbocycles. The van der Waals surface area contributed by atoms with Crippen LogP contribution in [0.1, 0.15) is 44.9 Å². The molecule has 0 N–H and O–H groups in total. The van der Waals surface area contributed by atoms with Crippen molar-refractivity contribution in [1.29, 1.82) is 0 Å². The third kappa shape index (κ3) is 3.68. The van der Waals surface area contributed by atoms with Gasteiger partial charge < -0.3 is 4.57 Å². The lowest BCUT2D eigenvalue weighted by molar-refractivity contribution is 0.508. The van der Waals surface area contributed by atoms with E-state index in [-0.39, 0.29) is 6.04 Å². The van der Waals surface area contributed by atoms with Gasteiger partial charge in [-0.15, -0.1) is 0 Å². The normalized spacial score (nSPS) is 12.2. The molecule has 4 aromatic rings. The number of imidazole rings is 1. The van der Waals surface area contributed by atoms with Crippen molar-refractivity contribution in [2.45, 2.75) is 46.2 Å². The lowest BCUT2D eigenvalue weighted by Crippen LogP contribution is -2.15. The van der Waals surface area contributed by atoms with E-state index in [0.717, 1.165) is 53.5 Å². The van der Waals surface area contributed by atoms with Crippen molar-refractivity contribution in [1.82, 2.24) is 34.3 Å². The first-order chi connectivity index (χ1) is 14.2.